The molecule has 1 aromatic rings. The van der Waals surface area contributed by atoms with E-state index < -0.39 is 11.7 Å². The summed E-state index contributed by atoms with van der Waals surface area (Å²) in [7, 11) is 0. The summed E-state index contributed by atoms with van der Waals surface area (Å²) in [5.41, 5.74) is -0.659. The predicted octanol–water partition coefficient (Wildman–Crippen LogP) is 2.92. The lowest BCUT2D eigenvalue weighted by Crippen LogP contribution is -2.09. The quantitative estimate of drug-likeness (QED) is 0.822. The van der Waals surface area contributed by atoms with Crippen LogP contribution in [0.25, 0.3) is 0 Å². The lowest BCUT2D eigenvalue weighted by Gasteiger charge is -2.09. The summed E-state index contributed by atoms with van der Waals surface area (Å²) in [6.07, 6.45) is -2.12. The van der Waals surface area contributed by atoms with Crippen molar-refractivity contribution in [3.8, 4) is 0 Å². The molecule has 2 unspecified atom stereocenters. The van der Waals surface area contributed by atoms with Crippen molar-refractivity contribution in [3.63, 3.8) is 0 Å². The van der Waals surface area contributed by atoms with E-state index in [-0.39, 0.29) is 6.04 Å². The Labute approximate surface area is 85.5 Å². The van der Waals surface area contributed by atoms with Gasteiger partial charge in [0, 0.05) is 12.2 Å². The van der Waals surface area contributed by atoms with Crippen LogP contribution in [-0.2, 0) is 6.18 Å². The second-order valence-corrected chi connectivity index (χ2v) is 3.89. The minimum Gasteiger partial charge on any atom is -0.367 e. The molecule has 0 bridgehead atoms. The molecule has 2 nitrogen and oxygen atoms in total. The maximum absolute atomic E-state index is 12.3. The molecule has 1 heterocycles. The molecule has 1 fully saturated rings. The summed E-state index contributed by atoms with van der Waals surface area (Å²) in [6.45, 7) is 2.05. The maximum atomic E-state index is 12.3. The number of halogens is 3. The van der Waals surface area contributed by atoms with Crippen molar-refractivity contribution < 1.29 is 13.2 Å². The van der Waals surface area contributed by atoms with Crippen LogP contribution in [0, 0.1) is 5.92 Å². The normalized spacial score (nSPS) is 25.1. The summed E-state index contributed by atoms with van der Waals surface area (Å²) >= 11 is 0. The molecule has 2 atom stereocenters. The number of alkyl halides is 3. The molecule has 0 aromatic carbocycles. The first-order valence-corrected chi connectivity index (χ1v) is 4.76. The average molecular weight is 216 g/mol. The van der Waals surface area contributed by atoms with E-state index in [0.29, 0.717) is 11.7 Å². The fourth-order valence-electron chi connectivity index (χ4n) is 1.40. The molecule has 2 rings (SSSR count). The van der Waals surface area contributed by atoms with E-state index in [1.165, 1.54) is 6.20 Å². The molecule has 0 amide bonds. The van der Waals surface area contributed by atoms with Crippen LogP contribution in [0.1, 0.15) is 18.9 Å². The summed E-state index contributed by atoms with van der Waals surface area (Å²) < 4.78 is 37.0. The molecule has 82 valence electrons. The van der Waals surface area contributed by atoms with Gasteiger partial charge in [0.25, 0.3) is 0 Å². The van der Waals surface area contributed by atoms with Gasteiger partial charge in [-0.15, -0.1) is 0 Å². The van der Waals surface area contributed by atoms with Crippen LogP contribution in [0.15, 0.2) is 18.3 Å². The van der Waals surface area contributed by atoms with Gasteiger partial charge in [-0.3, -0.25) is 0 Å². The van der Waals surface area contributed by atoms with Gasteiger partial charge >= 0.3 is 6.18 Å². The molecule has 1 aromatic heterocycles. The minimum absolute atomic E-state index is 0.279. The van der Waals surface area contributed by atoms with E-state index in [2.05, 4.69) is 10.3 Å². The number of hydrogen-bond acceptors (Lipinski definition) is 2. The van der Waals surface area contributed by atoms with Crippen LogP contribution >= 0.6 is 0 Å². The van der Waals surface area contributed by atoms with Gasteiger partial charge in [0.1, 0.15) is 5.82 Å². The minimum atomic E-state index is -4.30. The Morgan fingerprint density at radius 2 is 2.13 bits per heavy atom. The van der Waals surface area contributed by atoms with Crippen LogP contribution in [0.2, 0.25) is 0 Å². The van der Waals surface area contributed by atoms with E-state index in [0.717, 1.165) is 18.6 Å². The van der Waals surface area contributed by atoms with Crippen LogP contribution in [-0.4, -0.2) is 11.0 Å². The first kappa shape index (κ1) is 10.3. The highest BCUT2D eigenvalue weighted by atomic mass is 19.4. The molecule has 1 N–H and O–H groups in total. The monoisotopic (exact) mass is 216 g/mol. The van der Waals surface area contributed by atoms with Crippen molar-refractivity contribution in [1.82, 2.24) is 4.98 Å². The predicted molar refractivity (Wildman–Crippen MR) is 50.4 cm³/mol. The SMILES string of the molecule is CC1CC1Nc1cc(C(F)(F)F)ccn1. The number of nitrogens with zero attached hydrogens (tertiary/aromatic N) is 1. The Morgan fingerprint density at radius 1 is 1.47 bits per heavy atom. The number of aromatic nitrogens is 1. The molecule has 1 aliphatic carbocycles. The summed E-state index contributed by atoms with van der Waals surface area (Å²) in [5, 5.41) is 2.97. The van der Waals surface area contributed by atoms with Crippen molar-refractivity contribution >= 4 is 5.82 Å². The van der Waals surface area contributed by atoms with Crippen molar-refractivity contribution in [2.45, 2.75) is 25.6 Å². The molecule has 1 saturated carbocycles. The third-order valence-corrected chi connectivity index (χ3v) is 2.53. The zero-order chi connectivity index (χ0) is 11.1. The fraction of sp³-hybridized carbons (Fsp3) is 0.500. The number of rotatable bonds is 2. The zero-order valence-corrected chi connectivity index (χ0v) is 8.17. The molecule has 0 saturated heterocycles. The van der Waals surface area contributed by atoms with Crippen LogP contribution in [0.4, 0.5) is 19.0 Å². The molecule has 0 aliphatic heterocycles. The van der Waals surface area contributed by atoms with Crippen molar-refractivity contribution in [1.29, 1.82) is 0 Å². The van der Waals surface area contributed by atoms with Crippen LogP contribution in [0.3, 0.4) is 0 Å². The third-order valence-electron chi connectivity index (χ3n) is 2.53. The highest BCUT2D eigenvalue weighted by Gasteiger charge is 2.34. The van der Waals surface area contributed by atoms with Gasteiger partial charge in [0.15, 0.2) is 0 Å². The second kappa shape index (κ2) is 3.40. The smallest absolute Gasteiger partial charge is 0.367 e. The number of nitrogens with one attached hydrogen (secondary N) is 1. The van der Waals surface area contributed by atoms with E-state index in [1.807, 2.05) is 6.92 Å². The number of hydrogen-bond donors (Lipinski definition) is 1. The van der Waals surface area contributed by atoms with Gasteiger partial charge < -0.3 is 5.32 Å². The van der Waals surface area contributed by atoms with Gasteiger partial charge in [-0.1, -0.05) is 6.92 Å². The van der Waals surface area contributed by atoms with Gasteiger partial charge in [-0.05, 0) is 24.5 Å². The average Bonchev–Trinajstić information content (AvgIpc) is 2.81. The largest absolute Gasteiger partial charge is 0.416 e. The molecular weight excluding hydrogens is 205 g/mol. The third kappa shape index (κ3) is 2.40. The molecule has 1 aliphatic rings. The number of pyridine rings is 1. The van der Waals surface area contributed by atoms with E-state index in [4.69, 9.17) is 0 Å². The lowest BCUT2D eigenvalue weighted by molar-refractivity contribution is -0.137. The van der Waals surface area contributed by atoms with E-state index in [9.17, 15) is 13.2 Å². The van der Waals surface area contributed by atoms with Gasteiger partial charge in [0.05, 0.1) is 5.56 Å². The molecular formula is C10H11F3N2. The highest BCUT2D eigenvalue weighted by molar-refractivity contribution is 5.41. The molecule has 0 radical (unpaired) electrons. The Balaban J connectivity index is 2.12. The first-order valence-electron chi connectivity index (χ1n) is 4.76. The van der Waals surface area contributed by atoms with Crippen molar-refractivity contribution in [3.05, 3.63) is 23.9 Å². The highest BCUT2D eigenvalue weighted by Crippen LogP contribution is 2.34. The first-order chi connectivity index (χ1) is 6.97. The summed E-state index contributed by atoms with van der Waals surface area (Å²) in [4.78, 5) is 3.86. The molecule has 15 heavy (non-hydrogen) atoms. The molecule has 5 heteroatoms. The fourth-order valence-corrected chi connectivity index (χ4v) is 1.40. The van der Waals surface area contributed by atoms with Crippen molar-refractivity contribution in [2.24, 2.45) is 5.92 Å². The Kier molecular flexibility index (Phi) is 2.32. The Bertz CT molecular complexity index is 362. The van der Waals surface area contributed by atoms with E-state index in [1.54, 1.807) is 0 Å². The van der Waals surface area contributed by atoms with E-state index >= 15 is 0 Å². The second-order valence-electron chi connectivity index (χ2n) is 3.89. The van der Waals surface area contributed by atoms with Gasteiger partial charge in [-0.25, -0.2) is 4.98 Å². The lowest BCUT2D eigenvalue weighted by atomic mass is 10.2. The Hall–Kier alpha value is -1.26. The zero-order valence-electron chi connectivity index (χ0n) is 8.17. The van der Waals surface area contributed by atoms with Gasteiger partial charge in [0.2, 0.25) is 0 Å². The Morgan fingerprint density at radius 3 is 2.67 bits per heavy atom. The van der Waals surface area contributed by atoms with Crippen LogP contribution < -0.4 is 5.32 Å². The van der Waals surface area contributed by atoms with Crippen molar-refractivity contribution in [2.75, 3.05) is 5.32 Å². The van der Waals surface area contributed by atoms with Crippen LogP contribution in [0.5, 0.6) is 0 Å². The standard InChI is InChI=1S/C10H11F3N2/c1-6-4-8(6)15-9-5-7(2-3-14-9)10(11,12)13/h2-3,5-6,8H,4H2,1H3,(H,14,15). The molecule has 0 spiro atoms. The summed E-state index contributed by atoms with van der Waals surface area (Å²) in [6, 6.07) is 2.30. The maximum Gasteiger partial charge on any atom is 0.416 e. The topological polar surface area (TPSA) is 24.9 Å². The number of anilines is 1. The van der Waals surface area contributed by atoms with Gasteiger partial charge in [-0.2, -0.15) is 13.2 Å². The summed E-state index contributed by atoms with van der Waals surface area (Å²) in [5.74, 6) is 0.834.